The van der Waals surface area contributed by atoms with Crippen molar-refractivity contribution in [3.8, 4) is 0 Å². The molecule has 0 heterocycles. The fourth-order valence-corrected chi connectivity index (χ4v) is 4.21. The highest BCUT2D eigenvalue weighted by Gasteiger charge is 2.55. The summed E-state index contributed by atoms with van der Waals surface area (Å²) in [7, 11) is 0. The maximum atomic E-state index is 10.5. The van der Waals surface area contributed by atoms with E-state index in [0.717, 1.165) is 12.3 Å². The van der Waals surface area contributed by atoms with Crippen LogP contribution in [0.4, 0.5) is 0 Å². The first-order chi connectivity index (χ1) is 5.81. The van der Waals surface area contributed by atoms with E-state index in [9.17, 15) is 5.11 Å². The highest BCUT2D eigenvalue weighted by molar-refractivity contribution is 5.06. The Hall–Kier alpha value is -0.0400. The molecule has 0 amide bonds. The van der Waals surface area contributed by atoms with Crippen molar-refractivity contribution in [2.45, 2.75) is 50.5 Å². The number of fused-ring (bicyclic) bond motifs is 2. The molecule has 0 aromatic rings. The van der Waals surface area contributed by atoms with Crippen LogP contribution in [-0.2, 0) is 0 Å². The maximum Gasteiger partial charge on any atom is 0.0706 e. The Morgan fingerprint density at radius 2 is 1.75 bits per heavy atom. The summed E-state index contributed by atoms with van der Waals surface area (Å²) in [6.07, 6.45) is 9.18. The second-order valence-corrected chi connectivity index (χ2v) is 5.10. The van der Waals surface area contributed by atoms with Crippen LogP contribution in [0.25, 0.3) is 0 Å². The second kappa shape index (κ2) is 2.25. The van der Waals surface area contributed by atoms with Gasteiger partial charge in [0.05, 0.1) is 5.60 Å². The largest absolute Gasteiger partial charge is 0.389 e. The van der Waals surface area contributed by atoms with Gasteiger partial charge in [0.1, 0.15) is 0 Å². The molecule has 0 aliphatic heterocycles. The van der Waals surface area contributed by atoms with E-state index in [0.29, 0.717) is 11.8 Å². The lowest BCUT2D eigenvalue weighted by molar-refractivity contribution is -0.130. The van der Waals surface area contributed by atoms with Gasteiger partial charge >= 0.3 is 0 Å². The molecule has 0 spiro atoms. The minimum Gasteiger partial charge on any atom is -0.389 e. The average Bonchev–Trinajstić information content (AvgIpc) is 2.51. The Kier molecular flexibility index (Phi) is 1.39. The van der Waals surface area contributed by atoms with E-state index < -0.39 is 0 Å². The third kappa shape index (κ3) is 0.736. The van der Waals surface area contributed by atoms with Crippen LogP contribution in [0, 0.1) is 17.8 Å². The fourth-order valence-electron chi connectivity index (χ4n) is 4.21. The Bertz CT molecular complexity index is 193. The SMILES string of the molecule is OC12CCCC1C1CCC2CC1. The zero-order valence-electron chi connectivity index (χ0n) is 7.63. The second-order valence-electron chi connectivity index (χ2n) is 5.10. The molecule has 1 nitrogen and oxygen atoms in total. The Labute approximate surface area is 74.2 Å². The molecule has 4 saturated carbocycles. The molecule has 1 heteroatoms. The van der Waals surface area contributed by atoms with Crippen LogP contribution >= 0.6 is 0 Å². The minimum atomic E-state index is -0.193. The number of rotatable bonds is 0. The lowest BCUT2D eigenvalue weighted by atomic mass is 9.57. The zero-order valence-corrected chi connectivity index (χ0v) is 7.63. The van der Waals surface area contributed by atoms with E-state index in [-0.39, 0.29) is 5.60 Å². The molecule has 1 N–H and O–H groups in total. The average molecular weight is 166 g/mol. The molecule has 68 valence electrons. The summed E-state index contributed by atoms with van der Waals surface area (Å²) in [6.45, 7) is 0. The van der Waals surface area contributed by atoms with Gasteiger partial charge in [-0.2, -0.15) is 0 Å². The van der Waals surface area contributed by atoms with Crippen LogP contribution in [0.5, 0.6) is 0 Å². The molecule has 0 saturated heterocycles. The Morgan fingerprint density at radius 1 is 1.00 bits per heavy atom. The van der Waals surface area contributed by atoms with Crippen molar-refractivity contribution in [1.82, 2.24) is 0 Å². The zero-order chi connectivity index (χ0) is 8.18. The quantitative estimate of drug-likeness (QED) is 0.585. The van der Waals surface area contributed by atoms with Gasteiger partial charge in [-0.05, 0) is 56.3 Å². The first kappa shape index (κ1) is 7.37. The highest BCUT2D eigenvalue weighted by atomic mass is 16.3. The molecule has 2 unspecified atom stereocenters. The van der Waals surface area contributed by atoms with E-state index in [1.807, 2.05) is 0 Å². The minimum absolute atomic E-state index is 0.193. The third-order valence-corrected chi connectivity index (χ3v) is 4.78. The Morgan fingerprint density at radius 3 is 2.42 bits per heavy atom. The van der Waals surface area contributed by atoms with Crippen LogP contribution in [0.2, 0.25) is 0 Å². The summed E-state index contributed by atoms with van der Waals surface area (Å²) in [5.74, 6) is 2.27. The van der Waals surface area contributed by atoms with E-state index in [4.69, 9.17) is 0 Å². The van der Waals surface area contributed by atoms with E-state index in [2.05, 4.69) is 0 Å². The van der Waals surface area contributed by atoms with Crippen molar-refractivity contribution >= 4 is 0 Å². The molecular weight excluding hydrogens is 148 g/mol. The summed E-state index contributed by atoms with van der Waals surface area (Å²) in [5.41, 5.74) is -0.193. The first-order valence-electron chi connectivity index (χ1n) is 5.53. The number of hydrogen-bond donors (Lipinski definition) is 1. The van der Waals surface area contributed by atoms with Crippen molar-refractivity contribution in [2.24, 2.45) is 17.8 Å². The van der Waals surface area contributed by atoms with Crippen molar-refractivity contribution in [1.29, 1.82) is 0 Å². The van der Waals surface area contributed by atoms with Crippen molar-refractivity contribution in [2.75, 3.05) is 0 Å². The lowest BCUT2D eigenvalue weighted by Gasteiger charge is -2.51. The van der Waals surface area contributed by atoms with Gasteiger partial charge in [0.25, 0.3) is 0 Å². The molecule has 12 heavy (non-hydrogen) atoms. The van der Waals surface area contributed by atoms with Gasteiger partial charge in [-0.3, -0.25) is 0 Å². The molecular formula is C11H18O. The molecule has 2 atom stereocenters. The first-order valence-corrected chi connectivity index (χ1v) is 5.53. The van der Waals surface area contributed by atoms with Gasteiger partial charge in [-0.1, -0.05) is 6.42 Å². The number of aliphatic hydroxyl groups is 1. The lowest BCUT2D eigenvalue weighted by Crippen LogP contribution is -2.51. The van der Waals surface area contributed by atoms with Crippen LogP contribution < -0.4 is 0 Å². The van der Waals surface area contributed by atoms with Crippen LogP contribution in [0.3, 0.4) is 0 Å². The van der Waals surface area contributed by atoms with E-state index >= 15 is 0 Å². The Balaban J connectivity index is 1.97. The van der Waals surface area contributed by atoms with Gasteiger partial charge < -0.3 is 5.11 Å². The van der Waals surface area contributed by atoms with Crippen molar-refractivity contribution in [3.63, 3.8) is 0 Å². The summed E-state index contributed by atoms with van der Waals surface area (Å²) >= 11 is 0. The number of hydrogen-bond acceptors (Lipinski definition) is 1. The predicted octanol–water partition coefficient (Wildman–Crippen LogP) is 2.34. The third-order valence-electron chi connectivity index (χ3n) is 4.78. The molecule has 4 aliphatic rings. The van der Waals surface area contributed by atoms with Crippen LogP contribution in [0.15, 0.2) is 0 Å². The topological polar surface area (TPSA) is 20.2 Å². The summed E-state index contributed by atoms with van der Waals surface area (Å²) in [5, 5.41) is 10.5. The van der Waals surface area contributed by atoms with Gasteiger partial charge in [0.15, 0.2) is 0 Å². The summed E-state index contributed by atoms with van der Waals surface area (Å²) in [6, 6.07) is 0. The molecule has 2 bridgehead atoms. The standard InChI is InChI=1S/C11H18O/c12-11-7-1-2-10(11)8-3-5-9(11)6-4-8/h8-10,12H,1-7H2. The molecule has 0 aromatic heterocycles. The predicted molar refractivity (Wildman–Crippen MR) is 47.7 cm³/mol. The summed E-state index contributed by atoms with van der Waals surface area (Å²) in [4.78, 5) is 0. The fraction of sp³-hybridized carbons (Fsp3) is 1.00. The van der Waals surface area contributed by atoms with Crippen molar-refractivity contribution in [3.05, 3.63) is 0 Å². The molecule has 4 fully saturated rings. The van der Waals surface area contributed by atoms with Gasteiger partial charge in [-0.25, -0.2) is 0 Å². The molecule has 4 rings (SSSR count). The van der Waals surface area contributed by atoms with Gasteiger partial charge in [-0.15, -0.1) is 0 Å². The molecule has 0 radical (unpaired) electrons. The van der Waals surface area contributed by atoms with Gasteiger partial charge in [0.2, 0.25) is 0 Å². The van der Waals surface area contributed by atoms with Gasteiger partial charge in [0, 0.05) is 0 Å². The monoisotopic (exact) mass is 166 g/mol. The van der Waals surface area contributed by atoms with Crippen LogP contribution in [-0.4, -0.2) is 10.7 Å². The normalized spacial score (nSPS) is 57.2. The smallest absolute Gasteiger partial charge is 0.0706 e. The van der Waals surface area contributed by atoms with Crippen LogP contribution in [0.1, 0.15) is 44.9 Å². The highest BCUT2D eigenvalue weighted by Crippen LogP contribution is 2.57. The molecule has 0 aromatic carbocycles. The van der Waals surface area contributed by atoms with E-state index in [1.54, 1.807) is 0 Å². The molecule has 4 aliphatic carbocycles. The van der Waals surface area contributed by atoms with Crippen molar-refractivity contribution < 1.29 is 5.11 Å². The maximum absolute atomic E-state index is 10.5. The van der Waals surface area contributed by atoms with E-state index in [1.165, 1.54) is 38.5 Å². The summed E-state index contributed by atoms with van der Waals surface area (Å²) < 4.78 is 0.